The summed E-state index contributed by atoms with van der Waals surface area (Å²) in [6.07, 6.45) is 3.82. The molecule has 0 saturated heterocycles. The molecule has 0 radical (unpaired) electrons. The lowest BCUT2D eigenvalue weighted by Crippen LogP contribution is -2.06. The van der Waals surface area contributed by atoms with Gasteiger partial charge in [0.25, 0.3) is 0 Å². The topological polar surface area (TPSA) is 91.5 Å². The Bertz CT molecular complexity index is 1080. The number of nitrogens with two attached hydrogens (primary N) is 1. The number of fused-ring (bicyclic) bond motifs is 1. The number of aromatic nitrogens is 4. The molecule has 0 fully saturated rings. The van der Waals surface area contributed by atoms with Gasteiger partial charge in [0.2, 0.25) is 11.8 Å². The molecule has 0 aliphatic heterocycles. The van der Waals surface area contributed by atoms with E-state index >= 15 is 0 Å². The highest BCUT2D eigenvalue weighted by atomic mass is 16.5. The molecule has 0 aliphatic carbocycles. The number of nitrogen functional groups attached to an aromatic ring is 1. The van der Waals surface area contributed by atoms with Crippen molar-refractivity contribution in [3.63, 3.8) is 0 Å². The lowest BCUT2D eigenvalue weighted by atomic mass is 10.1. The molecule has 4 rings (SSSR count). The van der Waals surface area contributed by atoms with Crippen LogP contribution in [-0.4, -0.2) is 25.7 Å². The lowest BCUT2D eigenvalue weighted by Gasteiger charge is -2.12. The normalized spacial score (nSPS) is 11.4. The molecule has 0 bridgehead atoms. The van der Waals surface area contributed by atoms with E-state index in [-0.39, 0.29) is 6.10 Å². The van der Waals surface area contributed by atoms with Crippen LogP contribution in [0.5, 0.6) is 5.75 Å². The molecule has 1 aromatic carbocycles. The fourth-order valence-corrected chi connectivity index (χ4v) is 2.85. The standard InChI is InChI=1S/C19H19N5O2/c1-11(2)25-16-7-14(6-15(20)9-16)17-10-21-18-8-13(4-5-24(17)18)19-23-22-12(3)26-19/h4-11H,20H2,1-3H3. The van der Waals surface area contributed by atoms with Crippen LogP contribution < -0.4 is 10.5 Å². The SMILES string of the molecule is Cc1nnc(-c2ccn3c(-c4cc(N)cc(OC(C)C)c4)cnc3c2)o1. The molecule has 3 heterocycles. The molecule has 132 valence electrons. The van der Waals surface area contributed by atoms with Crippen LogP contribution in [0.15, 0.2) is 47.1 Å². The molecule has 7 heteroatoms. The second kappa shape index (κ2) is 6.18. The van der Waals surface area contributed by atoms with E-state index in [0.29, 0.717) is 17.5 Å². The fraction of sp³-hybridized carbons (Fsp3) is 0.211. The zero-order valence-corrected chi connectivity index (χ0v) is 14.8. The molecule has 2 N–H and O–H groups in total. The van der Waals surface area contributed by atoms with Crippen LogP contribution >= 0.6 is 0 Å². The summed E-state index contributed by atoms with van der Waals surface area (Å²) in [5, 5.41) is 7.92. The van der Waals surface area contributed by atoms with Crippen LogP contribution in [0.25, 0.3) is 28.4 Å². The van der Waals surface area contributed by atoms with Crippen LogP contribution in [-0.2, 0) is 0 Å². The quantitative estimate of drug-likeness (QED) is 0.565. The molecule has 3 aromatic heterocycles. The van der Waals surface area contributed by atoms with Crippen molar-refractivity contribution >= 4 is 11.3 Å². The van der Waals surface area contributed by atoms with Crippen LogP contribution in [0.1, 0.15) is 19.7 Å². The smallest absolute Gasteiger partial charge is 0.247 e. The Labute approximate surface area is 150 Å². The van der Waals surface area contributed by atoms with E-state index in [1.165, 1.54) is 0 Å². The maximum atomic E-state index is 6.05. The second-order valence-electron chi connectivity index (χ2n) is 6.37. The fourth-order valence-electron chi connectivity index (χ4n) is 2.85. The number of ether oxygens (including phenoxy) is 1. The van der Waals surface area contributed by atoms with E-state index in [0.717, 1.165) is 28.2 Å². The third-order valence-corrected chi connectivity index (χ3v) is 3.88. The summed E-state index contributed by atoms with van der Waals surface area (Å²) in [5.41, 5.74) is 10.2. The zero-order valence-electron chi connectivity index (χ0n) is 14.8. The van der Waals surface area contributed by atoms with Crippen molar-refractivity contribution < 1.29 is 9.15 Å². The lowest BCUT2D eigenvalue weighted by molar-refractivity contribution is 0.242. The van der Waals surface area contributed by atoms with Crippen molar-refractivity contribution in [2.45, 2.75) is 26.9 Å². The number of anilines is 1. The van der Waals surface area contributed by atoms with Crippen LogP contribution in [0, 0.1) is 6.92 Å². The molecule has 0 spiro atoms. The van der Waals surface area contributed by atoms with Gasteiger partial charge in [0.1, 0.15) is 11.4 Å². The minimum atomic E-state index is 0.0762. The first-order valence-electron chi connectivity index (χ1n) is 8.35. The van der Waals surface area contributed by atoms with Crippen molar-refractivity contribution in [2.75, 3.05) is 5.73 Å². The van der Waals surface area contributed by atoms with Crippen LogP contribution in [0.3, 0.4) is 0 Å². The highest BCUT2D eigenvalue weighted by Gasteiger charge is 2.12. The van der Waals surface area contributed by atoms with Crippen molar-refractivity contribution in [3.8, 4) is 28.5 Å². The third kappa shape index (κ3) is 2.99. The van der Waals surface area contributed by atoms with E-state index in [1.807, 2.05) is 61.0 Å². The van der Waals surface area contributed by atoms with Gasteiger partial charge in [0, 0.05) is 36.0 Å². The van der Waals surface area contributed by atoms with Crippen molar-refractivity contribution in [3.05, 3.63) is 48.6 Å². The first-order chi connectivity index (χ1) is 12.5. The molecule has 26 heavy (non-hydrogen) atoms. The molecular formula is C19H19N5O2. The minimum Gasteiger partial charge on any atom is -0.491 e. The largest absolute Gasteiger partial charge is 0.491 e. The van der Waals surface area contributed by atoms with Gasteiger partial charge in [0.15, 0.2) is 0 Å². The number of rotatable bonds is 4. The molecule has 0 atom stereocenters. The van der Waals surface area contributed by atoms with Gasteiger partial charge in [-0.1, -0.05) is 0 Å². The van der Waals surface area contributed by atoms with E-state index in [2.05, 4.69) is 15.2 Å². The summed E-state index contributed by atoms with van der Waals surface area (Å²) in [5.74, 6) is 1.75. The van der Waals surface area contributed by atoms with E-state index in [1.54, 1.807) is 6.92 Å². The predicted octanol–water partition coefficient (Wildman–Crippen LogP) is 3.73. The number of hydrogen-bond donors (Lipinski definition) is 1. The monoisotopic (exact) mass is 349 g/mol. The van der Waals surface area contributed by atoms with Crippen molar-refractivity contribution in [1.82, 2.24) is 19.6 Å². The van der Waals surface area contributed by atoms with Gasteiger partial charge in [-0.15, -0.1) is 10.2 Å². The van der Waals surface area contributed by atoms with Gasteiger partial charge in [-0.3, -0.25) is 4.40 Å². The maximum absolute atomic E-state index is 6.05. The highest BCUT2D eigenvalue weighted by Crippen LogP contribution is 2.29. The van der Waals surface area contributed by atoms with Crippen LogP contribution in [0.4, 0.5) is 5.69 Å². The second-order valence-corrected chi connectivity index (χ2v) is 6.37. The van der Waals surface area contributed by atoms with E-state index in [4.69, 9.17) is 14.9 Å². The van der Waals surface area contributed by atoms with Gasteiger partial charge in [-0.2, -0.15) is 0 Å². The Morgan fingerprint density at radius 3 is 2.69 bits per heavy atom. The molecular weight excluding hydrogens is 330 g/mol. The summed E-state index contributed by atoms with van der Waals surface area (Å²) in [6.45, 7) is 5.73. The Morgan fingerprint density at radius 1 is 1.12 bits per heavy atom. The van der Waals surface area contributed by atoms with Gasteiger partial charge in [0.05, 0.1) is 18.0 Å². The van der Waals surface area contributed by atoms with Gasteiger partial charge in [-0.25, -0.2) is 4.98 Å². The summed E-state index contributed by atoms with van der Waals surface area (Å²) >= 11 is 0. The van der Waals surface area contributed by atoms with Crippen LogP contribution in [0.2, 0.25) is 0 Å². The minimum absolute atomic E-state index is 0.0762. The number of imidazole rings is 1. The molecule has 0 saturated carbocycles. The average molecular weight is 349 g/mol. The molecule has 0 amide bonds. The number of aryl methyl sites for hydroxylation is 1. The Balaban J connectivity index is 1.77. The zero-order chi connectivity index (χ0) is 18.3. The van der Waals surface area contributed by atoms with Gasteiger partial charge >= 0.3 is 0 Å². The summed E-state index contributed by atoms with van der Waals surface area (Å²) < 4.78 is 13.3. The average Bonchev–Trinajstić information content (AvgIpc) is 3.19. The Kier molecular flexibility index (Phi) is 3.84. The van der Waals surface area contributed by atoms with Gasteiger partial charge in [-0.05, 0) is 38.1 Å². The number of nitrogens with zero attached hydrogens (tertiary/aromatic N) is 4. The van der Waals surface area contributed by atoms with E-state index < -0.39 is 0 Å². The van der Waals surface area contributed by atoms with E-state index in [9.17, 15) is 0 Å². The Morgan fingerprint density at radius 2 is 1.96 bits per heavy atom. The van der Waals surface area contributed by atoms with Crippen molar-refractivity contribution in [2.24, 2.45) is 0 Å². The maximum Gasteiger partial charge on any atom is 0.247 e. The third-order valence-electron chi connectivity index (χ3n) is 3.88. The molecule has 0 unspecified atom stereocenters. The first kappa shape index (κ1) is 16.1. The summed E-state index contributed by atoms with van der Waals surface area (Å²) in [6, 6.07) is 9.53. The number of hydrogen-bond acceptors (Lipinski definition) is 6. The van der Waals surface area contributed by atoms with Gasteiger partial charge < -0.3 is 14.9 Å². The molecule has 4 aromatic rings. The molecule has 0 aliphatic rings. The number of pyridine rings is 1. The first-order valence-corrected chi connectivity index (χ1v) is 8.35. The summed E-state index contributed by atoms with van der Waals surface area (Å²) in [4.78, 5) is 4.50. The van der Waals surface area contributed by atoms with Crippen molar-refractivity contribution in [1.29, 1.82) is 0 Å². The Hall–Kier alpha value is -3.35. The predicted molar refractivity (Wildman–Crippen MR) is 98.8 cm³/mol. The summed E-state index contributed by atoms with van der Waals surface area (Å²) in [7, 11) is 0. The molecule has 7 nitrogen and oxygen atoms in total. The highest BCUT2D eigenvalue weighted by molar-refractivity contribution is 5.71. The number of benzene rings is 1.